The summed E-state index contributed by atoms with van der Waals surface area (Å²) in [4.78, 5) is 11.7. The summed E-state index contributed by atoms with van der Waals surface area (Å²) in [6.45, 7) is 1.55. The van der Waals surface area contributed by atoms with Crippen LogP contribution in [0.15, 0.2) is 18.2 Å². The molecule has 2 rings (SSSR count). The minimum atomic E-state index is -1.02. The molecule has 5 nitrogen and oxygen atoms in total. The van der Waals surface area contributed by atoms with Crippen molar-refractivity contribution in [1.82, 2.24) is 0 Å². The number of cyclic esters (lactones) is 1. The van der Waals surface area contributed by atoms with Crippen LogP contribution in [0.25, 0.3) is 0 Å². The van der Waals surface area contributed by atoms with Crippen LogP contribution in [0.5, 0.6) is 5.75 Å². The summed E-state index contributed by atoms with van der Waals surface area (Å²) in [5, 5.41) is 28.8. The van der Waals surface area contributed by atoms with E-state index < -0.39 is 24.3 Å². The smallest absolute Gasteiger partial charge is 0.342 e. The summed E-state index contributed by atoms with van der Waals surface area (Å²) in [5.74, 6) is -0.879. The molecule has 92 valence electrons. The lowest BCUT2D eigenvalue weighted by Crippen LogP contribution is -2.34. The van der Waals surface area contributed by atoms with Crippen molar-refractivity contribution in [2.45, 2.75) is 31.7 Å². The first-order chi connectivity index (χ1) is 8.00. The van der Waals surface area contributed by atoms with Crippen LogP contribution in [0, 0.1) is 0 Å². The molecule has 5 heteroatoms. The number of rotatable bonds is 2. The SMILES string of the molecule is CC(O)CC1OC(=O)c2c(O)cccc2C1O. The molecule has 1 aliphatic heterocycles. The van der Waals surface area contributed by atoms with Crippen molar-refractivity contribution in [3.63, 3.8) is 0 Å². The van der Waals surface area contributed by atoms with Gasteiger partial charge in [0.2, 0.25) is 0 Å². The molecule has 1 aromatic rings. The summed E-state index contributed by atoms with van der Waals surface area (Å²) >= 11 is 0. The quantitative estimate of drug-likeness (QED) is 0.661. The molecule has 0 saturated heterocycles. The van der Waals surface area contributed by atoms with E-state index in [4.69, 9.17) is 4.74 Å². The van der Waals surface area contributed by atoms with Gasteiger partial charge in [-0.1, -0.05) is 12.1 Å². The zero-order chi connectivity index (χ0) is 12.6. The molecule has 0 spiro atoms. The van der Waals surface area contributed by atoms with Gasteiger partial charge < -0.3 is 20.1 Å². The zero-order valence-electron chi connectivity index (χ0n) is 9.33. The molecule has 0 radical (unpaired) electrons. The third-order valence-corrected chi connectivity index (χ3v) is 2.78. The van der Waals surface area contributed by atoms with E-state index in [2.05, 4.69) is 0 Å². The van der Waals surface area contributed by atoms with Crippen molar-refractivity contribution >= 4 is 5.97 Å². The van der Waals surface area contributed by atoms with Gasteiger partial charge in [0.15, 0.2) is 0 Å². The average Bonchev–Trinajstić information content (AvgIpc) is 2.24. The number of aromatic hydroxyl groups is 1. The number of hydrogen-bond acceptors (Lipinski definition) is 5. The van der Waals surface area contributed by atoms with Gasteiger partial charge in [-0.25, -0.2) is 4.79 Å². The fraction of sp³-hybridized carbons (Fsp3) is 0.417. The maximum atomic E-state index is 11.7. The number of benzene rings is 1. The maximum Gasteiger partial charge on any atom is 0.342 e. The van der Waals surface area contributed by atoms with E-state index in [1.165, 1.54) is 6.07 Å². The van der Waals surface area contributed by atoms with Crippen molar-refractivity contribution in [3.05, 3.63) is 29.3 Å². The number of aliphatic hydroxyl groups excluding tert-OH is 2. The molecule has 1 aliphatic rings. The molecule has 1 heterocycles. The summed E-state index contributed by atoms with van der Waals surface area (Å²) in [5.41, 5.74) is 0.341. The van der Waals surface area contributed by atoms with Gasteiger partial charge in [0, 0.05) is 12.0 Å². The fourth-order valence-corrected chi connectivity index (χ4v) is 2.00. The number of phenolic OH excluding ortho intramolecular Hbond substituents is 1. The van der Waals surface area contributed by atoms with E-state index in [0.717, 1.165) is 0 Å². The Morgan fingerprint density at radius 2 is 2.18 bits per heavy atom. The number of carbonyl (C=O) groups is 1. The molecule has 0 fully saturated rings. The third kappa shape index (κ3) is 2.11. The molecule has 0 saturated carbocycles. The largest absolute Gasteiger partial charge is 0.507 e. The lowest BCUT2D eigenvalue weighted by atomic mass is 9.92. The van der Waals surface area contributed by atoms with Crippen LogP contribution >= 0.6 is 0 Å². The molecule has 0 amide bonds. The molecule has 3 N–H and O–H groups in total. The normalized spacial score (nSPS) is 25.0. The number of carbonyl (C=O) groups excluding carboxylic acids is 1. The van der Waals surface area contributed by atoms with E-state index in [1.54, 1.807) is 19.1 Å². The molecule has 3 unspecified atom stereocenters. The molecule has 0 aliphatic carbocycles. The Balaban J connectivity index is 2.38. The highest BCUT2D eigenvalue weighted by atomic mass is 16.6. The molecular weight excluding hydrogens is 224 g/mol. The first-order valence-electron chi connectivity index (χ1n) is 5.39. The van der Waals surface area contributed by atoms with Gasteiger partial charge in [-0.05, 0) is 13.0 Å². The van der Waals surface area contributed by atoms with Crippen LogP contribution in [-0.4, -0.2) is 33.5 Å². The average molecular weight is 238 g/mol. The van der Waals surface area contributed by atoms with Gasteiger partial charge in [0.1, 0.15) is 23.5 Å². The Labute approximate surface area is 98.3 Å². The number of ether oxygens (including phenoxy) is 1. The van der Waals surface area contributed by atoms with Crippen LogP contribution in [-0.2, 0) is 4.74 Å². The maximum absolute atomic E-state index is 11.7. The van der Waals surface area contributed by atoms with E-state index in [0.29, 0.717) is 5.56 Å². The Kier molecular flexibility index (Phi) is 3.04. The Morgan fingerprint density at radius 3 is 2.82 bits per heavy atom. The number of esters is 1. The van der Waals surface area contributed by atoms with E-state index in [1.807, 2.05) is 0 Å². The monoisotopic (exact) mass is 238 g/mol. The van der Waals surface area contributed by atoms with Crippen LogP contribution in [0.1, 0.15) is 35.4 Å². The summed E-state index contributed by atoms with van der Waals surface area (Å²) < 4.78 is 5.01. The van der Waals surface area contributed by atoms with Gasteiger partial charge in [0.25, 0.3) is 0 Å². The van der Waals surface area contributed by atoms with Gasteiger partial charge in [0.05, 0.1) is 6.10 Å². The molecule has 0 aromatic heterocycles. The van der Waals surface area contributed by atoms with E-state index in [9.17, 15) is 20.1 Å². The Morgan fingerprint density at radius 1 is 1.47 bits per heavy atom. The fourth-order valence-electron chi connectivity index (χ4n) is 2.00. The summed E-state index contributed by atoms with van der Waals surface area (Å²) in [6.07, 6.45) is -2.33. The van der Waals surface area contributed by atoms with Gasteiger partial charge in [-0.2, -0.15) is 0 Å². The second-order valence-corrected chi connectivity index (χ2v) is 4.21. The predicted octanol–water partition coefficient (Wildman–Crippen LogP) is 0.735. The lowest BCUT2D eigenvalue weighted by molar-refractivity contribution is -0.0456. The summed E-state index contributed by atoms with van der Waals surface area (Å²) in [7, 11) is 0. The van der Waals surface area contributed by atoms with Crippen molar-refractivity contribution < 1.29 is 24.9 Å². The summed E-state index contributed by atoms with van der Waals surface area (Å²) in [6, 6.07) is 4.48. The topological polar surface area (TPSA) is 87.0 Å². The molecule has 3 atom stereocenters. The van der Waals surface area contributed by atoms with E-state index in [-0.39, 0.29) is 17.7 Å². The van der Waals surface area contributed by atoms with Crippen LogP contribution < -0.4 is 0 Å². The molecule has 17 heavy (non-hydrogen) atoms. The number of aliphatic hydroxyl groups is 2. The standard InChI is InChI=1S/C12H14O5/c1-6(13)5-9-11(15)7-3-2-4-8(14)10(7)12(16)17-9/h2-4,6,9,11,13-15H,5H2,1H3. The Hall–Kier alpha value is -1.59. The minimum Gasteiger partial charge on any atom is -0.507 e. The number of phenols is 1. The highest BCUT2D eigenvalue weighted by Gasteiger charge is 2.36. The first-order valence-corrected chi connectivity index (χ1v) is 5.39. The second-order valence-electron chi connectivity index (χ2n) is 4.21. The molecular formula is C12H14O5. The van der Waals surface area contributed by atoms with Gasteiger partial charge >= 0.3 is 5.97 Å². The van der Waals surface area contributed by atoms with Crippen molar-refractivity contribution in [2.24, 2.45) is 0 Å². The van der Waals surface area contributed by atoms with Crippen LogP contribution in [0.2, 0.25) is 0 Å². The minimum absolute atomic E-state index is 0.00171. The highest BCUT2D eigenvalue weighted by molar-refractivity contribution is 5.95. The number of fused-ring (bicyclic) bond motifs is 1. The lowest BCUT2D eigenvalue weighted by Gasteiger charge is -2.30. The number of hydrogen-bond donors (Lipinski definition) is 3. The Bertz CT molecular complexity index is 441. The molecule has 1 aromatic carbocycles. The van der Waals surface area contributed by atoms with Crippen molar-refractivity contribution in [1.29, 1.82) is 0 Å². The first kappa shape index (κ1) is 11.9. The zero-order valence-corrected chi connectivity index (χ0v) is 9.33. The van der Waals surface area contributed by atoms with Crippen molar-refractivity contribution in [3.8, 4) is 5.75 Å². The highest BCUT2D eigenvalue weighted by Crippen LogP contribution is 2.35. The third-order valence-electron chi connectivity index (χ3n) is 2.78. The van der Waals surface area contributed by atoms with Crippen LogP contribution in [0.4, 0.5) is 0 Å². The van der Waals surface area contributed by atoms with Gasteiger partial charge in [-0.3, -0.25) is 0 Å². The van der Waals surface area contributed by atoms with Gasteiger partial charge in [-0.15, -0.1) is 0 Å². The second kappa shape index (κ2) is 4.35. The van der Waals surface area contributed by atoms with Crippen molar-refractivity contribution in [2.75, 3.05) is 0 Å². The van der Waals surface area contributed by atoms with E-state index >= 15 is 0 Å². The van der Waals surface area contributed by atoms with Crippen LogP contribution in [0.3, 0.4) is 0 Å². The molecule has 0 bridgehead atoms. The predicted molar refractivity (Wildman–Crippen MR) is 58.6 cm³/mol.